The maximum absolute atomic E-state index is 11.9. The van der Waals surface area contributed by atoms with Gasteiger partial charge in [-0.2, -0.15) is 0 Å². The molecule has 0 aliphatic rings. The summed E-state index contributed by atoms with van der Waals surface area (Å²) in [6.45, 7) is 1.73. The highest BCUT2D eigenvalue weighted by Crippen LogP contribution is 2.08. The number of aromatic carboxylic acids is 1. The number of carboxylic acid groups (broad SMARTS) is 1. The Morgan fingerprint density at radius 1 is 1.50 bits per heavy atom. The standard InChI is InChI=1S/C12H15N5O3/c1-8(11-15-13-7-16(11)2)14-10(18)6-17-5-3-4-9(17)12(19)20/h3-5,7-8H,6H2,1-2H3,(H,14,18)(H,19,20). The highest BCUT2D eigenvalue weighted by molar-refractivity contribution is 5.86. The molecule has 0 saturated heterocycles. The van der Waals surface area contributed by atoms with Crippen molar-refractivity contribution < 1.29 is 14.7 Å². The molecule has 1 atom stereocenters. The van der Waals surface area contributed by atoms with Crippen LogP contribution in [0.2, 0.25) is 0 Å². The molecule has 0 aliphatic heterocycles. The SMILES string of the molecule is CC(NC(=O)Cn1cccc1C(=O)O)c1nncn1C. The Hall–Kier alpha value is -2.64. The number of amides is 1. The first-order valence-corrected chi connectivity index (χ1v) is 6.00. The van der Waals surface area contributed by atoms with E-state index in [9.17, 15) is 9.59 Å². The second-order valence-electron chi connectivity index (χ2n) is 4.42. The van der Waals surface area contributed by atoms with E-state index in [0.29, 0.717) is 5.82 Å². The van der Waals surface area contributed by atoms with E-state index in [0.717, 1.165) is 0 Å². The van der Waals surface area contributed by atoms with Crippen molar-refractivity contribution in [2.75, 3.05) is 0 Å². The molecule has 0 radical (unpaired) electrons. The van der Waals surface area contributed by atoms with Crippen LogP contribution >= 0.6 is 0 Å². The predicted molar refractivity (Wildman–Crippen MR) is 69.0 cm³/mol. The number of nitrogens with zero attached hydrogens (tertiary/aromatic N) is 4. The number of rotatable bonds is 5. The molecule has 2 heterocycles. The molecule has 106 valence electrons. The first kappa shape index (κ1) is 13.8. The third-order valence-corrected chi connectivity index (χ3v) is 2.87. The maximum atomic E-state index is 11.9. The summed E-state index contributed by atoms with van der Waals surface area (Å²) in [5, 5.41) is 19.4. The third-order valence-electron chi connectivity index (χ3n) is 2.87. The summed E-state index contributed by atoms with van der Waals surface area (Å²) < 4.78 is 3.09. The Balaban J connectivity index is 2.01. The van der Waals surface area contributed by atoms with Crippen molar-refractivity contribution in [3.63, 3.8) is 0 Å². The van der Waals surface area contributed by atoms with Gasteiger partial charge in [-0.05, 0) is 19.1 Å². The number of carbonyl (C=O) groups is 2. The van der Waals surface area contributed by atoms with Gasteiger partial charge in [0.05, 0.1) is 6.04 Å². The number of aromatic nitrogens is 4. The van der Waals surface area contributed by atoms with Gasteiger partial charge in [0.1, 0.15) is 18.6 Å². The van der Waals surface area contributed by atoms with E-state index in [2.05, 4.69) is 15.5 Å². The van der Waals surface area contributed by atoms with Gasteiger partial charge in [0.25, 0.3) is 0 Å². The van der Waals surface area contributed by atoms with Crippen LogP contribution in [0, 0.1) is 0 Å². The topological polar surface area (TPSA) is 102 Å². The van der Waals surface area contributed by atoms with E-state index in [4.69, 9.17) is 5.11 Å². The molecular formula is C12H15N5O3. The number of aryl methyl sites for hydroxylation is 1. The van der Waals surface area contributed by atoms with Crippen LogP contribution in [0.25, 0.3) is 0 Å². The number of nitrogens with one attached hydrogen (secondary N) is 1. The molecule has 2 aromatic heterocycles. The van der Waals surface area contributed by atoms with Gasteiger partial charge in [-0.1, -0.05) is 0 Å². The Morgan fingerprint density at radius 2 is 2.25 bits per heavy atom. The lowest BCUT2D eigenvalue weighted by Crippen LogP contribution is -2.32. The van der Waals surface area contributed by atoms with Crippen LogP contribution in [0.4, 0.5) is 0 Å². The summed E-state index contributed by atoms with van der Waals surface area (Å²) in [6.07, 6.45) is 3.10. The van der Waals surface area contributed by atoms with E-state index < -0.39 is 5.97 Å². The van der Waals surface area contributed by atoms with Gasteiger partial charge in [0.15, 0.2) is 5.82 Å². The Bertz CT molecular complexity index is 631. The minimum absolute atomic E-state index is 0.0587. The lowest BCUT2D eigenvalue weighted by atomic mass is 10.3. The molecule has 2 rings (SSSR count). The van der Waals surface area contributed by atoms with Crippen molar-refractivity contribution in [3.8, 4) is 0 Å². The minimum atomic E-state index is -1.07. The monoisotopic (exact) mass is 277 g/mol. The van der Waals surface area contributed by atoms with Gasteiger partial charge in [0, 0.05) is 13.2 Å². The summed E-state index contributed by atoms with van der Waals surface area (Å²) in [4.78, 5) is 22.9. The molecule has 0 aromatic carbocycles. The summed E-state index contributed by atoms with van der Waals surface area (Å²) in [6, 6.07) is 2.73. The van der Waals surface area contributed by atoms with E-state index in [1.165, 1.54) is 10.6 Å². The van der Waals surface area contributed by atoms with Crippen molar-refractivity contribution in [1.82, 2.24) is 24.6 Å². The average Bonchev–Trinajstić information content (AvgIpc) is 2.97. The van der Waals surface area contributed by atoms with Crippen molar-refractivity contribution in [2.45, 2.75) is 19.5 Å². The fourth-order valence-electron chi connectivity index (χ4n) is 1.94. The van der Waals surface area contributed by atoms with Gasteiger partial charge < -0.3 is 19.6 Å². The molecule has 20 heavy (non-hydrogen) atoms. The summed E-state index contributed by atoms with van der Waals surface area (Å²) in [7, 11) is 1.78. The number of carbonyl (C=O) groups excluding carboxylic acids is 1. The van der Waals surface area contributed by atoms with Crippen LogP contribution in [-0.4, -0.2) is 36.3 Å². The van der Waals surface area contributed by atoms with Gasteiger partial charge in [-0.15, -0.1) is 10.2 Å². The Labute approximate surface area is 115 Å². The van der Waals surface area contributed by atoms with Crippen LogP contribution in [0.3, 0.4) is 0 Å². The number of hydrogen-bond acceptors (Lipinski definition) is 4. The summed E-state index contributed by atoms with van der Waals surface area (Å²) in [5.74, 6) is -0.729. The molecule has 1 amide bonds. The van der Waals surface area contributed by atoms with Crippen LogP contribution in [0.5, 0.6) is 0 Å². The highest BCUT2D eigenvalue weighted by Gasteiger charge is 2.16. The van der Waals surface area contributed by atoms with E-state index in [-0.39, 0.29) is 24.2 Å². The van der Waals surface area contributed by atoms with Crippen molar-refractivity contribution in [3.05, 3.63) is 36.2 Å². The summed E-state index contributed by atoms with van der Waals surface area (Å²) >= 11 is 0. The zero-order valence-electron chi connectivity index (χ0n) is 11.1. The fourth-order valence-corrected chi connectivity index (χ4v) is 1.94. The van der Waals surface area contributed by atoms with E-state index >= 15 is 0 Å². The van der Waals surface area contributed by atoms with Crippen LogP contribution in [0.15, 0.2) is 24.7 Å². The lowest BCUT2D eigenvalue weighted by molar-refractivity contribution is -0.122. The van der Waals surface area contributed by atoms with Gasteiger partial charge in [0.2, 0.25) is 5.91 Å². The average molecular weight is 277 g/mol. The summed E-state index contributed by atoms with van der Waals surface area (Å²) in [5.41, 5.74) is 0.0754. The first-order valence-electron chi connectivity index (χ1n) is 6.00. The van der Waals surface area contributed by atoms with Crippen LogP contribution in [0.1, 0.15) is 29.3 Å². The highest BCUT2D eigenvalue weighted by atomic mass is 16.4. The predicted octanol–water partition coefficient (Wildman–Crippen LogP) is 0.192. The van der Waals surface area contributed by atoms with Gasteiger partial charge in [-0.25, -0.2) is 4.79 Å². The van der Waals surface area contributed by atoms with Crippen molar-refractivity contribution in [2.24, 2.45) is 7.05 Å². The Morgan fingerprint density at radius 3 is 2.85 bits per heavy atom. The third kappa shape index (κ3) is 2.85. The second kappa shape index (κ2) is 5.55. The molecule has 8 heteroatoms. The maximum Gasteiger partial charge on any atom is 0.352 e. The number of carboxylic acids is 1. The largest absolute Gasteiger partial charge is 0.477 e. The second-order valence-corrected chi connectivity index (χ2v) is 4.42. The molecule has 0 bridgehead atoms. The quantitative estimate of drug-likeness (QED) is 0.812. The molecule has 0 fully saturated rings. The van der Waals surface area contributed by atoms with Gasteiger partial charge in [-0.3, -0.25) is 4.79 Å². The molecule has 0 saturated carbocycles. The lowest BCUT2D eigenvalue weighted by Gasteiger charge is -2.13. The van der Waals surface area contributed by atoms with Crippen LogP contribution < -0.4 is 5.32 Å². The zero-order chi connectivity index (χ0) is 14.7. The minimum Gasteiger partial charge on any atom is -0.477 e. The molecule has 0 spiro atoms. The van der Waals surface area contributed by atoms with Gasteiger partial charge >= 0.3 is 5.97 Å². The normalized spacial score (nSPS) is 12.1. The van der Waals surface area contributed by atoms with Crippen LogP contribution in [-0.2, 0) is 18.4 Å². The molecular weight excluding hydrogens is 262 g/mol. The molecule has 0 aliphatic carbocycles. The van der Waals surface area contributed by atoms with Crippen molar-refractivity contribution >= 4 is 11.9 Å². The smallest absolute Gasteiger partial charge is 0.352 e. The van der Waals surface area contributed by atoms with E-state index in [1.54, 1.807) is 37.1 Å². The zero-order valence-corrected chi connectivity index (χ0v) is 11.1. The van der Waals surface area contributed by atoms with E-state index in [1.807, 2.05) is 0 Å². The molecule has 1 unspecified atom stereocenters. The Kier molecular flexibility index (Phi) is 3.83. The molecule has 8 nitrogen and oxygen atoms in total. The first-order chi connectivity index (χ1) is 9.49. The fraction of sp³-hybridized carbons (Fsp3) is 0.333. The molecule has 2 N–H and O–H groups in total. The van der Waals surface area contributed by atoms with Crippen molar-refractivity contribution in [1.29, 1.82) is 0 Å². The molecule has 2 aromatic rings. The number of hydrogen-bond donors (Lipinski definition) is 2.